The van der Waals surface area contributed by atoms with Gasteiger partial charge in [0.25, 0.3) is 0 Å². The summed E-state index contributed by atoms with van der Waals surface area (Å²) in [6.45, 7) is 0. The van der Waals surface area contributed by atoms with Crippen molar-refractivity contribution in [3.05, 3.63) is 76.8 Å². The maximum absolute atomic E-state index is 12.7. The maximum Gasteiger partial charge on any atom is 0.181 e. The second-order valence-electron chi connectivity index (χ2n) is 5.89. The number of thiazole rings is 1. The van der Waals surface area contributed by atoms with Crippen molar-refractivity contribution in [3.63, 3.8) is 0 Å². The van der Waals surface area contributed by atoms with Gasteiger partial charge in [0.15, 0.2) is 11.6 Å². The average molecular weight is 329 g/mol. The van der Waals surface area contributed by atoms with Gasteiger partial charge in [0.05, 0.1) is 10.2 Å². The summed E-state index contributed by atoms with van der Waals surface area (Å²) in [5.74, 6) is -1.07. The first-order valence-corrected chi connectivity index (χ1v) is 8.51. The summed E-state index contributed by atoms with van der Waals surface area (Å²) in [5.41, 5.74) is 1.89. The molecule has 0 aliphatic heterocycles. The number of nitrogens with zero attached hydrogens (tertiary/aromatic N) is 1. The Bertz CT molecular complexity index is 1120. The van der Waals surface area contributed by atoms with Gasteiger partial charge in [-0.3, -0.25) is 9.59 Å². The Morgan fingerprint density at radius 3 is 2.21 bits per heavy atom. The summed E-state index contributed by atoms with van der Waals surface area (Å²) < 4.78 is 1.00. The van der Waals surface area contributed by atoms with Crippen LogP contribution in [-0.4, -0.2) is 16.6 Å². The fraction of sp³-hybridized carbons (Fsp3) is 0.0500. The van der Waals surface area contributed by atoms with Crippen LogP contribution in [0.4, 0.5) is 0 Å². The molecule has 0 radical (unpaired) electrons. The zero-order valence-corrected chi connectivity index (χ0v) is 13.3. The van der Waals surface area contributed by atoms with E-state index in [1.165, 1.54) is 11.3 Å². The van der Waals surface area contributed by atoms with Gasteiger partial charge in [0.2, 0.25) is 0 Å². The van der Waals surface area contributed by atoms with Gasteiger partial charge in [-0.05, 0) is 11.5 Å². The summed E-state index contributed by atoms with van der Waals surface area (Å²) in [7, 11) is 0. The molecule has 0 saturated heterocycles. The van der Waals surface area contributed by atoms with Crippen LogP contribution in [0.15, 0.2) is 60.7 Å². The van der Waals surface area contributed by atoms with Crippen molar-refractivity contribution in [2.45, 2.75) is 5.92 Å². The Hall–Kier alpha value is -2.85. The minimum Gasteiger partial charge on any atom is -0.293 e. The third-order valence-corrected chi connectivity index (χ3v) is 5.61. The number of aromatic nitrogens is 1. The summed E-state index contributed by atoms with van der Waals surface area (Å²) in [4.78, 5) is 30.1. The smallest absolute Gasteiger partial charge is 0.181 e. The van der Waals surface area contributed by atoms with Gasteiger partial charge in [-0.25, -0.2) is 4.98 Å². The van der Waals surface area contributed by atoms with E-state index in [9.17, 15) is 9.59 Å². The standard InChI is InChI=1S/C20H11NO2S/c22-18-13-7-3-4-8-14(13)19(23)16(18)20-21-17-12-6-2-1-5-11(12)9-10-15(17)24-20/h1-10,16H. The van der Waals surface area contributed by atoms with Crippen LogP contribution in [0.1, 0.15) is 31.6 Å². The lowest BCUT2D eigenvalue weighted by molar-refractivity contribution is 0.0890. The maximum atomic E-state index is 12.7. The van der Waals surface area contributed by atoms with Crippen molar-refractivity contribution < 1.29 is 9.59 Å². The van der Waals surface area contributed by atoms with Crippen LogP contribution in [0.5, 0.6) is 0 Å². The van der Waals surface area contributed by atoms with Gasteiger partial charge >= 0.3 is 0 Å². The summed E-state index contributed by atoms with van der Waals surface area (Å²) in [6, 6.07) is 19.1. The highest BCUT2D eigenvalue weighted by Crippen LogP contribution is 2.38. The number of hydrogen-bond donors (Lipinski definition) is 0. The molecule has 0 fully saturated rings. The molecule has 1 aromatic heterocycles. The fourth-order valence-corrected chi connectivity index (χ4v) is 4.45. The fourth-order valence-electron chi connectivity index (χ4n) is 3.37. The molecule has 4 aromatic rings. The number of carbonyl (C=O) groups is 2. The van der Waals surface area contributed by atoms with E-state index in [0.29, 0.717) is 16.1 Å². The highest BCUT2D eigenvalue weighted by Gasteiger charge is 2.41. The quantitative estimate of drug-likeness (QED) is 0.479. The van der Waals surface area contributed by atoms with Crippen molar-refractivity contribution in [1.29, 1.82) is 0 Å². The summed E-state index contributed by atoms with van der Waals surface area (Å²) >= 11 is 1.43. The molecule has 5 rings (SSSR count). The first-order valence-electron chi connectivity index (χ1n) is 7.70. The lowest BCUT2D eigenvalue weighted by atomic mass is 10.1. The van der Waals surface area contributed by atoms with Crippen molar-refractivity contribution in [2.24, 2.45) is 0 Å². The first kappa shape index (κ1) is 13.6. The first-order chi connectivity index (χ1) is 11.7. The van der Waals surface area contributed by atoms with Crippen LogP contribution in [0.25, 0.3) is 21.0 Å². The van der Waals surface area contributed by atoms with E-state index in [1.807, 2.05) is 36.4 Å². The van der Waals surface area contributed by atoms with Crippen LogP contribution in [-0.2, 0) is 0 Å². The van der Waals surface area contributed by atoms with Gasteiger partial charge in [0, 0.05) is 16.5 Å². The molecule has 114 valence electrons. The van der Waals surface area contributed by atoms with E-state index >= 15 is 0 Å². The molecule has 4 heteroatoms. The lowest BCUT2D eigenvalue weighted by Gasteiger charge is -2.01. The van der Waals surface area contributed by atoms with Crippen LogP contribution in [0.2, 0.25) is 0 Å². The minimum atomic E-state index is -0.793. The molecule has 0 atom stereocenters. The highest BCUT2D eigenvalue weighted by molar-refractivity contribution is 7.19. The molecule has 0 spiro atoms. The normalized spacial score (nSPS) is 14.7. The summed E-state index contributed by atoms with van der Waals surface area (Å²) in [5, 5.41) is 2.75. The number of fused-ring (bicyclic) bond motifs is 4. The van der Waals surface area contributed by atoms with Gasteiger partial charge < -0.3 is 0 Å². The van der Waals surface area contributed by atoms with Gasteiger partial charge in [-0.1, -0.05) is 54.6 Å². The number of Topliss-reactive ketones (excluding diaryl/α,β-unsaturated/α-hetero) is 2. The van der Waals surface area contributed by atoms with E-state index in [1.54, 1.807) is 24.3 Å². The molecule has 24 heavy (non-hydrogen) atoms. The van der Waals surface area contributed by atoms with Gasteiger partial charge in [-0.2, -0.15) is 0 Å². The molecule has 1 aliphatic carbocycles. The number of ketones is 2. The van der Waals surface area contributed by atoms with Gasteiger partial charge in [-0.15, -0.1) is 11.3 Å². The molecular weight excluding hydrogens is 318 g/mol. The Balaban J connectivity index is 1.72. The molecule has 1 aliphatic rings. The summed E-state index contributed by atoms with van der Waals surface area (Å²) in [6.07, 6.45) is 0. The molecule has 0 N–H and O–H groups in total. The number of benzene rings is 3. The lowest BCUT2D eigenvalue weighted by Crippen LogP contribution is -2.12. The second-order valence-corrected chi connectivity index (χ2v) is 6.95. The average Bonchev–Trinajstić information content (AvgIpc) is 3.15. The minimum absolute atomic E-state index is 0.140. The number of carbonyl (C=O) groups excluding carboxylic acids is 2. The van der Waals surface area contributed by atoms with Crippen LogP contribution >= 0.6 is 11.3 Å². The van der Waals surface area contributed by atoms with Crippen LogP contribution in [0.3, 0.4) is 0 Å². The van der Waals surface area contributed by atoms with E-state index in [2.05, 4.69) is 4.98 Å². The predicted molar refractivity (Wildman–Crippen MR) is 95.0 cm³/mol. The largest absolute Gasteiger partial charge is 0.293 e. The zero-order chi connectivity index (χ0) is 16.3. The van der Waals surface area contributed by atoms with Crippen molar-refractivity contribution in [1.82, 2.24) is 4.98 Å². The molecule has 0 unspecified atom stereocenters. The number of rotatable bonds is 1. The third kappa shape index (κ3) is 1.74. The van der Waals surface area contributed by atoms with Crippen LogP contribution in [0, 0.1) is 0 Å². The van der Waals surface area contributed by atoms with E-state index in [-0.39, 0.29) is 11.6 Å². The van der Waals surface area contributed by atoms with E-state index in [0.717, 1.165) is 21.0 Å². The van der Waals surface area contributed by atoms with E-state index in [4.69, 9.17) is 0 Å². The SMILES string of the molecule is O=C1c2ccccc2C(=O)C1c1nc2c(ccc3ccccc32)s1. The monoisotopic (exact) mass is 329 g/mol. The Kier molecular flexibility index (Phi) is 2.73. The molecule has 0 saturated carbocycles. The molecular formula is C20H11NO2S. The molecule has 1 heterocycles. The highest BCUT2D eigenvalue weighted by atomic mass is 32.1. The predicted octanol–water partition coefficient (Wildman–Crippen LogP) is 4.61. The van der Waals surface area contributed by atoms with Crippen molar-refractivity contribution in [3.8, 4) is 0 Å². The third-order valence-electron chi connectivity index (χ3n) is 4.53. The Labute approximate surface area is 141 Å². The molecule has 0 amide bonds. The topological polar surface area (TPSA) is 47.0 Å². The van der Waals surface area contributed by atoms with E-state index < -0.39 is 5.92 Å². The molecule has 0 bridgehead atoms. The second kappa shape index (κ2) is 4.82. The Morgan fingerprint density at radius 1 is 0.792 bits per heavy atom. The van der Waals surface area contributed by atoms with Crippen LogP contribution < -0.4 is 0 Å². The van der Waals surface area contributed by atoms with Crippen molar-refractivity contribution >= 4 is 43.9 Å². The molecule has 3 nitrogen and oxygen atoms in total. The zero-order valence-electron chi connectivity index (χ0n) is 12.5. The number of hydrogen-bond acceptors (Lipinski definition) is 4. The molecule has 3 aromatic carbocycles. The van der Waals surface area contributed by atoms with Gasteiger partial charge in [0.1, 0.15) is 10.9 Å². The Morgan fingerprint density at radius 2 is 1.46 bits per heavy atom. The van der Waals surface area contributed by atoms with Crippen molar-refractivity contribution in [2.75, 3.05) is 0 Å².